The van der Waals surface area contributed by atoms with Crippen LogP contribution in [-0.4, -0.2) is 22.8 Å². The molecule has 0 aliphatic rings. The van der Waals surface area contributed by atoms with Gasteiger partial charge in [0.1, 0.15) is 0 Å². The molecule has 0 aromatic carbocycles. The minimum Gasteiger partial charge on any atom is -0.478 e. The molecule has 76 valence electrons. The maximum atomic E-state index is 10.4. The zero-order valence-electron chi connectivity index (χ0n) is 8.29. The van der Waals surface area contributed by atoms with E-state index in [4.69, 9.17) is 10.2 Å². The van der Waals surface area contributed by atoms with Crippen molar-refractivity contribution in [2.45, 2.75) is 33.1 Å². The first-order valence-electron chi connectivity index (χ1n) is 4.62. The molecular weight excluding hydrogens is 168 g/mol. The molecule has 0 aromatic heterocycles. The average molecular weight is 186 g/mol. The van der Waals surface area contributed by atoms with Gasteiger partial charge in [0.05, 0.1) is 0 Å². The Morgan fingerprint density at radius 2 is 2.15 bits per heavy atom. The summed E-state index contributed by atoms with van der Waals surface area (Å²) in [5.74, 6) is -0.674. The highest BCUT2D eigenvalue weighted by atomic mass is 16.4. The molecule has 2 N–H and O–H groups in total. The molecule has 0 aliphatic carbocycles. The monoisotopic (exact) mass is 186 g/mol. The minimum atomic E-state index is -0.881. The standard InChI is InChI=1S/C10H18O3/c1-3-4-9(7-11)6-5-8(2)10(12)13/h5,9,11H,3-4,6-7H2,1-2H3,(H,12,13)/b8-5+. The zero-order chi connectivity index (χ0) is 10.3. The van der Waals surface area contributed by atoms with Gasteiger partial charge in [-0.05, 0) is 25.7 Å². The van der Waals surface area contributed by atoms with Crippen molar-refractivity contribution in [2.24, 2.45) is 5.92 Å². The number of rotatable bonds is 6. The Labute approximate surface area is 79.1 Å². The third-order valence-corrected chi connectivity index (χ3v) is 2.05. The van der Waals surface area contributed by atoms with E-state index in [0.29, 0.717) is 12.0 Å². The van der Waals surface area contributed by atoms with E-state index in [1.807, 2.05) is 0 Å². The lowest BCUT2D eigenvalue weighted by atomic mass is 9.99. The second-order valence-electron chi connectivity index (χ2n) is 3.27. The van der Waals surface area contributed by atoms with Crippen molar-refractivity contribution in [1.29, 1.82) is 0 Å². The first-order valence-corrected chi connectivity index (χ1v) is 4.62. The van der Waals surface area contributed by atoms with Crippen LogP contribution >= 0.6 is 0 Å². The van der Waals surface area contributed by atoms with Crippen molar-refractivity contribution in [1.82, 2.24) is 0 Å². The van der Waals surface area contributed by atoms with Crippen molar-refractivity contribution >= 4 is 5.97 Å². The normalized spacial score (nSPS) is 14.2. The van der Waals surface area contributed by atoms with E-state index in [2.05, 4.69) is 6.92 Å². The van der Waals surface area contributed by atoms with Crippen LogP contribution < -0.4 is 0 Å². The second-order valence-corrected chi connectivity index (χ2v) is 3.27. The molecule has 0 bridgehead atoms. The Morgan fingerprint density at radius 3 is 2.54 bits per heavy atom. The minimum absolute atomic E-state index is 0.136. The van der Waals surface area contributed by atoms with E-state index >= 15 is 0 Å². The maximum Gasteiger partial charge on any atom is 0.330 e. The molecule has 1 unspecified atom stereocenters. The van der Waals surface area contributed by atoms with Crippen LogP contribution in [0.3, 0.4) is 0 Å². The molecule has 0 fully saturated rings. The van der Waals surface area contributed by atoms with E-state index in [0.717, 1.165) is 12.8 Å². The molecule has 0 heterocycles. The SMILES string of the molecule is CCCC(CO)C/C=C(\C)C(=O)O. The lowest BCUT2D eigenvalue weighted by molar-refractivity contribution is -0.132. The number of aliphatic hydroxyl groups is 1. The van der Waals surface area contributed by atoms with Gasteiger partial charge in [0.25, 0.3) is 0 Å². The van der Waals surface area contributed by atoms with Crippen LogP contribution in [0.5, 0.6) is 0 Å². The van der Waals surface area contributed by atoms with Gasteiger partial charge in [-0.1, -0.05) is 19.4 Å². The van der Waals surface area contributed by atoms with Gasteiger partial charge in [0.2, 0.25) is 0 Å². The van der Waals surface area contributed by atoms with Crippen molar-refractivity contribution in [2.75, 3.05) is 6.61 Å². The molecule has 3 heteroatoms. The number of carboxylic acids is 1. The Hall–Kier alpha value is -0.830. The summed E-state index contributed by atoms with van der Waals surface area (Å²) in [6.45, 7) is 3.76. The highest BCUT2D eigenvalue weighted by molar-refractivity contribution is 5.85. The average Bonchev–Trinajstić information content (AvgIpc) is 2.11. The summed E-state index contributed by atoms with van der Waals surface area (Å²) in [6.07, 6.45) is 4.30. The van der Waals surface area contributed by atoms with Gasteiger partial charge in [0.15, 0.2) is 0 Å². The molecule has 0 aromatic rings. The summed E-state index contributed by atoms with van der Waals surface area (Å²) < 4.78 is 0. The van der Waals surface area contributed by atoms with E-state index in [9.17, 15) is 4.79 Å². The number of hydrogen-bond donors (Lipinski definition) is 2. The van der Waals surface area contributed by atoms with Crippen LogP contribution in [0.4, 0.5) is 0 Å². The molecule has 0 spiro atoms. The number of aliphatic carboxylic acids is 1. The Balaban J connectivity index is 3.95. The van der Waals surface area contributed by atoms with E-state index in [1.54, 1.807) is 13.0 Å². The second kappa shape index (κ2) is 6.66. The third-order valence-electron chi connectivity index (χ3n) is 2.05. The largest absolute Gasteiger partial charge is 0.478 e. The Morgan fingerprint density at radius 1 is 1.54 bits per heavy atom. The van der Waals surface area contributed by atoms with Crippen LogP contribution in [0.1, 0.15) is 33.1 Å². The van der Waals surface area contributed by atoms with Gasteiger partial charge < -0.3 is 10.2 Å². The lowest BCUT2D eigenvalue weighted by Gasteiger charge is -2.09. The van der Waals surface area contributed by atoms with E-state index < -0.39 is 5.97 Å². The van der Waals surface area contributed by atoms with Gasteiger partial charge in [-0.15, -0.1) is 0 Å². The summed E-state index contributed by atoms with van der Waals surface area (Å²) in [4.78, 5) is 10.4. The Bertz CT molecular complexity index is 185. The molecule has 1 atom stereocenters. The molecule has 0 radical (unpaired) electrons. The molecule has 0 amide bonds. The lowest BCUT2D eigenvalue weighted by Crippen LogP contribution is -2.05. The highest BCUT2D eigenvalue weighted by Crippen LogP contribution is 2.12. The summed E-state index contributed by atoms with van der Waals surface area (Å²) >= 11 is 0. The van der Waals surface area contributed by atoms with Crippen molar-refractivity contribution in [3.63, 3.8) is 0 Å². The van der Waals surface area contributed by atoms with Crippen LogP contribution in [0, 0.1) is 5.92 Å². The highest BCUT2D eigenvalue weighted by Gasteiger charge is 2.05. The fraction of sp³-hybridized carbons (Fsp3) is 0.700. The number of allylic oxidation sites excluding steroid dienone is 1. The van der Waals surface area contributed by atoms with Crippen molar-refractivity contribution in [3.05, 3.63) is 11.6 Å². The number of hydrogen-bond acceptors (Lipinski definition) is 2. The maximum absolute atomic E-state index is 10.4. The van der Waals surface area contributed by atoms with Crippen LogP contribution in [0.25, 0.3) is 0 Å². The molecule has 0 saturated carbocycles. The first-order chi connectivity index (χ1) is 6.11. The number of carboxylic acid groups (broad SMARTS) is 1. The number of aliphatic hydroxyl groups excluding tert-OH is 1. The molecule has 13 heavy (non-hydrogen) atoms. The molecule has 0 aliphatic heterocycles. The molecular formula is C10H18O3. The van der Waals surface area contributed by atoms with E-state index in [1.165, 1.54) is 0 Å². The zero-order valence-corrected chi connectivity index (χ0v) is 8.29. The fourth-order valence-corrected chi connectivity index (χ4v) is 1.12. The number of carbonyl (C=O) groups is 1. The third kappa shape index (κ3) is 5.42. The van der Waals surface area contributed by atoms with E-state index in [-0.39, 0.29) is 12.5 Å². The van der Waals surface area contributed by atoms with Gasteiger partial charge in [-0.2, -0.15) is 0 Å². The van der Waals surface area contributed by atoms with Crippen molar-refractivity contribution < 1.29 is 15.0 Å². The summed E-state index contributed by atoms with van der Waals surface area (Å²) in [7, 11) is 0. The van der Waals surface area contributed by atoms with Crippen molar-refractivity contribution in [3.8, 4) is 0 Å². The summed E-state index contributed by atoms with van der Waals surface area (Å²) in [6, 6.07) is 0. The first kappa shape index (κ1) is 12.2. The van der Waals surface area contributed by atoms with Crippen LogP contribution in [-0.2, 0) is 4.79 Å². The smallest absolute Gasteiger partial charge is 0.330 e. The molecule has 0 rings (SSSR count). The van der Waals surface area contributed by atoms with Gasteiger partial charge in [0, 0.05) is 12.2 Å². The van der Waals surface area contributed by atoms with Crippen LogP contribution in [0.2, 0.25) is 0 Å². The van der Waals surface area contributed by atoms with Crippen LogP contribution in [0.15, 0.2) is 11.6 Å². The van der Waals surface area contributed by atoms with Gasteiger partial charge in [-0.3, -0.25) is 0 Å². The summed E-state index contributed by atoms with van der Waals surface area (Å²) in [5, 5.41) is 17.5. The summed E-state index contributed by atoms with van der Waals surface area (Å²) in [5.41, 5.74) is 0.356. The predicted molar refractivity (Wildman–Crippen MR) is 51.5 cm³/mol. The van der Waals surface area contributed by atoms with Gasteiger partial charge >= 0.3 is 5.97 Å². The quantitative estimate of drug-likeness (QED) is 0.622. The Kier molecular flexibility index (Phi) is 6.24. The topological polar surface area (TPSA) is 57.5 Å². The molecule has 3 nitrogen and oxygen atoms in total. The fourth-order valence-electron chi connectivity index (χ4n) is 1.12. The molecule has 0 saturated heterocycles. The van der Waals surface area contributed by atoms with Gasteiger partial charge in [-0.25, -0.2) is 4.79 Å². The predicted octanol–water partition coefficient (Wildman–Crippen LogP) is 1.82.